The Kier molecular flexibility index (Phi) is 10.7. The predicted octanol–water partition coefficient (Wildman–Crippen LogP) is 6.35. The van der Waals surface area contributed by atoms with Crippen LogP contribution in [0.4, 0.5) is 0 Å². The predicted molar refractivity (Wildman–Crippen MR) is 161 cm³/mol. The largest absolute Gasteiger partial charge is 0.370 e. The van der Waals surface area contributed by atoms with Crippen molar-refractivity contribution in [2.75, 3.05) is 0 Å². The van der Waals surface area contributed by atoms with Crippen LogP contribution in [0.15, 0.2) is 126 Å². The van der Waals surface area contributed by atoms with Crippen LogP contribution in [-0.4, -0.2) is 36.5 Å². The first-order valence-corrected chi connectivity index (χ1v) is 14.1. The van der Waals surface area contributed by atoms with Crippen molar-refractivity contribution < 1.29 is 18.9 Å². The smallest absolute Gasteiger partial charge is 0.114 e. The minimum atomic E-state index is -0.753. The summed E-state index contributed by atoms with van der Waals surface area (Å²) in [7, 11) is 0. The van der Waals surface area contributed by atoms with E-state index in [4.69, 9.17) is 24.7 Å². The number of hydrogen-bond acceptors (Lipinski definition) is 6. The second-order valence-electron chi connectivity index (χ2n) is 10.3. The molecule has 1 aliphatic rings. The molecule has 0 bridgehead atoms. The van der Waals surface area contributed by atoms with Crippen LogP contribution in [0.1, 0.15) is 22.3 Å². The Hall–Kier alpha value is -4.01. The van der Waals surface area contributed by atoms with Crippen LogP contribution in [0.3, 0.4) is 0 Å². The lowest BCUT2D eigenvalue weighted by molar-refractivity contribution is -0.223. The van der Waals surface area contributed by atoms with Gasteiger partial charge in [-0.25, -0.2) is 0 Å². The van der Waals surface area contributed by atoms with Crippen molar-refractivity contribution in [1.29, 1.82) is 0 Å². The van der Waals surface area contributed by atoms with E-state index in [0.717, 1.165) is 22.3 Å². The van der Waals surface area contributed by atoms with Crippen LogP contribution >= 0.6 is 0 Å². The second kappa shape index (κ2) is 15.3. The summed E-state index contributed by atoms with van der Waals surface area (Å²) < 4.78 is 26.2. The molecule has 0 aliphatic heterocycles. The van der Waals surface area contributed by atoms with Crippen LogP contribution in [0.25, 0.3) is 10.4 Å². The van der Waals surface area contributed by atoms with Gasteiger partial charge in [-0.05, 0) is 27.8 Å². The Bertz CT molecular complexity index is 1390. The second-order valence-corrected chi connectivity index (χ2v) is 10.3. The molecule has 1 aliphatic carbocycles. The molecule has 1 saturated carbocycles. The molecular formula is C34H36N4O4. The quantitative estimate of drug-likeness (QED) is 0.116. The summed E-state index contributed by atoms with van der Waals surface area (Å²) in [5.41, 5.74) is 20.4. The molecule has 2 N–H and O–H groups in total. The van der Waals surface area contributed by atoms with E-state index in [1.54, 1.807) is 0 Å². The van der Waals surface area contributed by atoms with E-state index >= 15 is 0 Å². The molecule has 8 heteroatoms. The lowest BCUT2D eigenvalue weighted by Gasteiger charge is -2.48. The van der Waals surface area contributed by atoms with Crippen LogP contribution in [0.5, 0.6) is 0 Å². The molecule has 42 heavy (non-hydrogen) atoms. The van der Waals surface area contributed by atoms with E-state index < -0.39 is 36.5 Å². The van der Waals surface area contributed by atoms with Crippen molar-refractivity contribution in [2.45, 2.75) is 62.9 Å². The Morgan fingerprint density at radius 2 is 0.810 bits per heavy atom. The number of nitrogens with zero attached hydrogens (tertiary/aromatic N) is 3. The lowest BCUT2D eigenvalue weighted by Crippen LogP contribution is -2.68. The van der Waals surface area contributed by atoms with Crippen molar-refractivity contribution in [2.24, 2.45) is 10.8 Å². The maximum atomic E-state index is 9.58. The monoisotopic (exact) mass is 564 g/mol. The highest BCUT2D eigenvalue weighted by molar-refractivity contribution is 5.18. The zero-order valence-electron chi connectivity index (χ0n) is 23.4. The third-order valence-corrected chi connectivity index (χ3v) is 7.41. The van der Waals surface area contributed by atoms with Gasteiger partial charge >= 0.3 is 0 Å². The van der Waals surface area contributed by atoms with Crippen LogP contribution in [0, 0.1) is 0 Å². The molecule has 5 rings (SSSR count). The Morgan fingerprint density at radius 3 is 1.17 bits per heavy atom. The van der Waals surface area contributed by atoms with Crippen molar-refractivity contribution in [3.8, 4) is 0 Å². The van der Waals surface area contributed by atoms with Gasteiger partial charge in [0.15, 0.2) is 0 Å². The summed E-state index contributed by atoms with van der Waals surface area (Å²) >= 11 is 0. The van der Waals surface area contributed by atoms with Crippen LogP contribution in [-0.2, 0) is 45.4 Å². The molecule has 4 aromatic rings. The van der Waals surface area contributed by atoms with Crippen molar-refractivity contribution in [1.82, 2.24) is 0 Å². The lowest BCUT2D eigenvalue weighted by atomic mass is 9.81. The molecule has 0 amide bonds. The number of azide groups is 1. The zero-order chi connectivity index (χ0) is 29.0. The third-order valence-electron chi connectivity index (χ3n) is 7.41. The normalized spacial score (nSPS) is 23.6. The minimum Gasteiger partial charge on any atom is -0.370 e. The van der Waals surface area contributed by atoms with E-state index in [1.807, 2.05) is 121 Å². The van der Waals surface area contributed by atoms with E-state index in [2.05, 4.69) is 10.0 Å². The average Bonchev–Trinajstić information content (AvgIpc) is 3.05. The summed E-state index contributed by atoms with van der Waals surface area (Å²) in [4.78, 5) is 3.15. The number of ether oxygens (including phenoxy) is 4. The maximum absolute atomic E-state index is 9.58. The average molecular weight is 565 g/mol. The summed E-state index contributed by atoms with van der Waals surface area (Å²) in [6.07, 6.45) is -2.58. The fourth-order valence-corrected chi connectivity index (χ4v) is 5.25. The van der Waals surface area contributed by atoms with Gasteiger partial charge in [-0.2, -0.15) is 0 Å². The van der Waals surface area contributed by atoms with E-state index in [-0.39, 0.29) is 0 Å². The van der Waals surface area contributed by atoms with Crippen molar-refractivity contribution in [3.63, 3.8) is 0 Å². The molecular weight excluding hydrogens is 528 g/mol. The van der Waals surface area contributed by atoms with Gasteiger partial charge in [0.1, 0.15) is 18.3 Å². The van der Waals surface area contributed by atoms with Gasteiger partial charge in [-0.1, -0.05) is 126 Å². The van der Waals surface area contributed by atoms with E-state index in [9.17, 15) is 5.53 Å². The van der Waals surface area contributed by atoms with Gasteiger partial charge in [0.25, 0.3) is 0 Å². The molecule has 0 aromatic heterocycles. The maximum Gasteiger partial charge on any atom is 0.114 e. The zero-order valence-corrected chi connectivity index (χ0v) is 23.4. The summed E-state index contributed by atoms with van der Waals surface area (Å²) in [6, 6.07) is 38.1. The van der Waals surface area contributed by atoms with Gasteiger partial charge in [-0.15, -0.1) is 0 Å². The molecule has 8 nitrogen and oxygen atoms in total. The molecule has 0 heterocycles. The summed E-state index contributed by atoms with van der Waals surface area (Å²) in [5.74, 6) is 0. The molecule has 216 valence electrons. The Balaban J connectivity index is 1.48. The molecule has 6 atom stereocenters. The third kappa shape index (κ3) is 7.84. The Morgan fingerprint density at radius 1 is 0.500 bits per heavy atom. The fraction of sp³-hybridized carbons (Fsp3) is 0.294. The molecule has 6 unspecified atom stereocenters. The number of nitrogens with two attached hydrogens (primary N) is 1. The molecule has 0 radical (unpaired) electrons. The minimum absolute atomic E-state index is 0.293. The highest BCUT2D eigenvalue weighted by atomic mass is 16.6. The number of rotatable bonds is 13. The van der Waals surface area contributed by atoms with Gasteiger partial charge < -0.3 is 24.7 Å². The van der Waals surface area contributed by atoms with Gasteiger partial charge in [0.2, 0.25) is 0 Å². The molecule has 4 aromatic carbocycles. The van der Waals surface area contributed by atoms with Crippen molar-refractivity contribution in [3.05, 3.63) is 154 Å². The van der Waals surface area contributed by atoms with Crippen LogP contribution in [0.2, 0.25) is 0 Å². The fourth-order valence-electron chi connectivity index (χ4n) is 5.25. The standard InChI is InChI=1S/C34H36N4O4/c35-29-30(37-38-36)32(40-22-26-15-7-2-8-16-26)34(42-24-28-19-11-4-12-20-28)33(41-23-27-17-9-3-10-18-27)31(29)39-21-25-13-5-1-6-14-25/h1-20,29-34H,21-24,35H2. The highest BCUT2D eigenvalue weighted by Crippen LogP contribution is 2.33. The van der Waals surface area contributed by atoms with Gasteiger partial charge in [-0.3, -0.25) is 0 Å². The first-order chi connectivity index (χ1) is 20.7. The van der Waals surface area contributed by atoms with Gasteiger partial charge in [0.05, 0.1) is 38.6 Å². The first kappa shape index (κ1) is 29.5. The van der Waals surface area contributed by atoms with Crippen LogP contribution < -0.4 is 5.73 Å². The summed E-state index contributed by atoms with van der Waals surface area (Å²) in [5, 5.41) is 4.14. The molecule has 0 saturated heterocycles. The van der Waals surface area contributed by atoms with Crippen molar-refractivity contribution >= 4 is 0 Å². The summed E-state index contributed by atoms with van der Waals surface area (Å²) in [6.45, 7) is 1.24. The number of hydrogen-bond donors (Lipinski definition) is 1. The van der Waals surface area contributed by atoms with E-state index in [1.165, 1.54) is 0 Å². The highest BCUT2D eigenvalue weighted by Gasteiger charge is 2.52. The molecule has 1 fully saturated rings. The number of benzene rings is 4. The topological polar surface area (TPSA) is 112 Å². The van der Waals surface area contributed by atoms with Gasteiger partial charge in [0, 0.05) is 11.0 Å². The Labute approximate surface area is 246 Å². The first-order valence-electron chi connectivity index (χ1n) is 14.1. The van der Waals surface area contributed by atoms with E-state index in [0.29, 0.717) is 26.4 Å². The SMILES string of the molecule is [N-]=[N+]=NC1C(N)C(OCc2ccccc2)C(OCc2ccccc2)C(OCc2ccccc2)C1OCc1ccccc1. The molecule has 0 spiro atoms.